The minimum Gasteiger partial charge on any atom is -0.396 e. The van der Waals surface area contributed by atoms with Crippen LogP contribution in [0.3, 0.4) is 0 Å². The van der Waals surface area contributed by atoms with Crippen molar-refractivity contribution in [2.75, 3.05) is 19.7 Å². The molecule has 0 radical (unpaired) electrons. The Morgan fingerprint density at radius 1 is 1.40 bits per heavy atom. The monoisotopic (exact) mass is 147 g/mol. The van der Waals surface area contributed by atoms with Gasteiger partial charge in [0.05, 0.1) is 6.10 Å². The number of hydrogen-bond acceptors (Lipinski definition) is 3. The number of rotatable bonds is 1. The number of aliphatic hydroxyl groups excluding tert-OH is 2. The van der Waals surface area contributed by atoms with Gasteiger partial charge in [0.15, 0.2) is 0 Å². The van der Waals surface area contributed by atoms with E-state index in [4.69, 9.17) is 10.2 Å². The first-order valence-corrected chi connectivity index (χ1v) is 3.84. The molecule has 62 valence electrons. The lowest BCUT2D eigenvalue weighted by Crippen LogP contribution is -2.20. The molecule has 3 nitrogen and oxygen atoms in total. The molecular formula is C7H17NO2. The third-order valence-electron chi connectivity index (χ3n) is 1.54. The van der Waals surface area contributed by atoms with Crippen molar-refractivity contribution < 1.29 is 10.2 Å². The number of β-amino-alcohol motifs (C(OH)–C–C–N with tert-alkyl or cyclic N) is 1. The van der Waals surface area contributed by atoms with Crippen LogP contribution in [-0.4, -0.2) is 36.0 Å². The van der Waals surface area contributed by atoms with Crippen LogP contribution in [0.2, 0.25) is 0 Å². The van der Waals surface area contributed by atoms with Crippen LogP contribution in [-0.2, 0) is 0 Å². The van der Waals surface area contributed by atoms with Crippen molar-refractivity contribution in [2.24, 2.45) is 5.92 Å². The molecule has 0 aromatic rings. The lowest BCUT2D eigenvalue weighted by molar-refractivity contribution is 0.104. The van der Waals surface area contributed by atoms with Gasteiger partial charge in [-0.05, 0) is 0 Å². The molecule has 0 aromatic heterocycles. The van der Waals surface area contributed by atoms with Gasteiger partial charge in [-0.2, -0.15) is 0 Å². The molecule has 0 saturated carbocycles. The molecule has 1 fully saturated rings. The lowest BCUT2D eigenvalue weighted by atomic mass is 10.1. The Morgan fingerprint density at radius 2 is 2.00 bits per heavy atom. The Balaban J connectivity index is 0.000000371. The van der Waals surface area contributed by atoms with Gasteiger partial charge in [-0.25, -0.2) is 0 Å². The Labute approximate surface area is 62.1 Å². The van der Waals surface area contributed by atoms with Crippen LogP contribution in [0.5, 0.6) is 0 Å². The maximum Gasteiger partial charge on any atom is 0.0726 e. The van der Waals surface area contributed by atoms with Gasteiger partial charge in [0.2, 0.25) is 0 Å². The molecule has 1 aliphatic heterocycles. The van der Waals surface area contributed by atoms with Gasteiger partial charge in [-0.1, -0.05) is 13.8 Å². The zero-order valence-corrected chi connectivity index (χ0v) is 6.67. The highest BCUT2D eigenvalue weighted by Crippen LogP contribution is 2.05. The van der Waals surface area contributed by atoms with Crippen molar-refractivity contribution in [3.05, 3.63) is 0 Å². The van der Waals surface area contributed by atoms with Crippen LogP contribution in [0.4, 0.5) is 0 Å². The molecule has 2 atom stereocenters. The Hall–Kier alpha value is -0.120. The summed E-state index contributed by atoms with van der Waals surface area (Å²) in [6.07, 6.45) is -0.333. The van der Waals surface area contributed by atoms with E-state index in [1.54, 1.807) is 0 Å². The predicted octanol–water partition coefficient (Wildman–Crippen LogP) is -0.415. The summed E-state index contributed by atoms with van der Waals surface area (Å²) in [4.78, 5) is 0. The lowest BCUT2D eigenvalue weighted by Gasteiger charge is -2.06. The molecule has 1 heterocycles. The maximum atomic E-state index is 8.97. The van der Waals surface area contributed by atoms with Crippen LogP contribution in [0.25, 0.3) is 0 Å². The normalized spacial score (nSPS) is 31.2. The molecule has 3 N–H and O–H groups in total. The van der Waals surface area contributed by atoms with Crippen molar-refractivity contribution in [1.29, 1.82) is 0 Å². The topological polar surface area (TPSA) is 52.5 Å². The third-order valence-corrected chi connectivity index (χ3v) is 1.54. The van der Waals surface area contributed by atoms with Crippen molar-refractivity contribution in [3.8, 4) is 0 Å². The Kier molecular flexibility index (Phi) is 5.58. The number of aliphatic hydroxyl groups is 2. The van der Waals surface area contributed by atoms with Crippen molar-refractivity contribution >= 4 is 0 Å². The van der Waals surface area contributed by atoms with Crippen molar-refractivity contribution in [3.63, 3.8) is 0 Å². The standard InChI is InChI=1S/C5H11NO2.C2H6/c7-3-4-1-6-2-5(4)8;1-2/h4-8H,1-3H2;1-2H3. The fourth-order valence-electron chi connectivity index (χ4n) is 0.906. The molecule has 1 saturated heterocycles. The highest BCUT2D eigenvalue weighted by molar-refractivity contribution is 4.79. The Bertz CT molecular complexity index is 78.0. The zero-order chi connectivity index (χ0) is 7.98. The SMILES string of the molecule is CC.OCC1CNCC1O. The number of nitrogens with one attached hydrogen (secondary N) is 1. The molecule has 0 amide bonds. The van der Waals surface area contributed by atoms with Crippen LogP contribution in [0, 0.1) is 5.92 Å². The van der Waals surface area contributed by atoms with E-state index in [2.05, 4.69) is 5.32 Å². The summed E-state index contributed by atoms with van der Waals surface area (Å²) < 4.78 is 0. The summed E-state index contributed by atoms with van der Waals surface area (Å²) >= 11 is 0. The van der Waals surface area contributed by atoms with Crippen LogP contribution in [0.15, 0.2) is 0 Å². The molecule has 0 aromatic carbocycles. The quantitative estimate of drug-likeness (QED) is 0.472. The van der Waals surface area contributed by atoms with E-state index in [0.717, 1.165) is 6.54 Å². The van der Waals surface area contributed by atoms with Crippen molar-refractivity contribution in [2.45, 2.75) is 20.0 Å². The van der Waals surface area contributed by atoms with E-state index in [9.17, 15) is 0 Å². The van der Waals surface area contributed by atoms with Gasteiger partial charge in [0.25, 0.3) is 0 Å². The molecule has 0 bridgehead atoms. The first-order valence-electron chi connectivity index (χ1n) is 3.84. The predicted molar refractivity (Wildman–Crippen MR) is 40.8 cm³/mol. The van der Waals surface area contributed by atoms with Crippen molar-refractivity contribution in [1.82, 2.24) is 5.32 Å². The zero-order valence-electron chi connectivity index (χ0n) is 6.67. The van der Waals surface area contributed by atoms with Gasteiger partial charge in [0, 0.05) is 25.6 Å². The second-order valence-corrected chi connectivity index (χ2v) is 2.17. The summed E-state index contributed by atoms with van der Waals surface area (Å²) in [6.45, 7) is 5.47. The summed E-state index contributed by atoms with van der Waals surface area (Å²) in [5, 5.41) is 20.5. The minimum atomic E-state index is -0.333. The van der Waals surface area contributed by atoms with Gasteiger partial charge in [-0.3, -0.25) is 0 Å². The molecule has 2 unspecified atom stereocenters. The largest absolute Gasteiger partial charge is 0.396 e. The first-order chi connectivity index (χ1) is 4.84. The fourth-order valence-corrected chi connectivity index (χ4v) is 0.906. The van der Waals surface area contributed by atoms with Gasteiger partial charge < -0.3 is 15.5 Å². The highest BCUT2D eigenvalue weighted by Gasteiger charge is 2.23. The molecule has 10 heavy (non-hydrogen) atoms. The van der Waals surface area contributed by atoms with E-state index >= 15 is 0 Å². The van der Waals surface area contributed by atoms with E-state index in [1.165, 1.54) is 0 Å². The smallest absolute Gasteiger partial charge is 0.0726 e. The first kappa shape index (κ1) is 9.88. The van der Waals surface area contributed by atoms with E-state index < -0.39 is 0 Å². The van der Waals surface area contributed by atoms with Crippen LogP contribution >= 0.6 is 0 Å². The molecule has 1 aliphatic rings. The maximum absolute atomic E-state index is 8.97. The average Bonchev–Trinajstić information content (AvgIpc) is 2.39. The summed E-state index contributed by atoms with van der Waals surface area (Å²) in [5.41, 5.74) is 0. The summed E-state index contributed by atoms with van der Waals surface area (Å²) in [6, 6.07) is 0. The number of hydrogen-bond donors (Lipinski definition) is 3. The van der Waals surface area contributed by atoms with E-state index in [-0.39, 0.29) is 18.6 Å². The second-order valence-electron chi connectivity index (χ2n) is 2.17. The molecule has 1 rings (SSSR count). The fraction of sp³-hybridized carbons (Fsp3) is 1.00. The average molecular weight is 147 g/mol. The second kappa shape index (κ2) is 5.65. The van der Waals surface area contributed by atoms with E-state index in [0.29, 0.717) is 6.54 Å². The molecule has 3 heteroatoms. The Morgan fingerprint density at radius 3 is 2.20 bits per heavy atom. The van der Waals surface area contributed by atoms with Crippen LogP contribution < -0.4 is 5.32 Å². The molecule has 0 aliphatic carbocycles. The minimum absolute atomic E-state index is 0.0648. The van der Waals surface area contributed by atoms with Crippen LogP contribution in [0.1, 0.15) is 13.8 Å². The summed E-state index contributed by atoms with van der Waals surface area (Å²) in [5.74, 6) is 0.0648. The van der Waals surface area contributed by atoms with Gasteiger partial charge in [-0.15, -0.1) is 0 Å². The van der Waals surface area contributed by atoms with E-state index in [1.807, 2.05) is 13.8 Å². The highest BCUT2D eigenvalue weighted by atomic mass is 16.3. The van der Waals surface area contributed by atoms with Gasteiger partial charge in [0.1, 0.15) is 0 Å². The molecular weight excluding hydrogens is 130 g/mol. The molecule has 0 spiro atoms. The third kappa shape index (κ3) is 2.64. The van der Waals surface area contributed by atoms with Gasteiger partial charge >= 0.3 is 0 Å². The summed E-state index contributed by atoms with van der Waals surface area (Å²) in [7, 11) is 0.